The van der Waals surface area contributed by atoms with Crippen LogP contribution >= 0.6 is 0 Å². The molecular weight excluding hydrogens is 454 g/mol. The van der Waals surface area contributed by atoms with Crippen molar-refractivity contribution in [3.05, 3.63) is 77.4 Å². The summed E-state index contributed by atoms with van der Waals surface area (Å²) >= 11 is 0. The van der Waals surface area contributed by atoms with E-state index in [9.17, 15) is 14.0 Å². The number of hydrogen-bond acceptors (Lipinski definition) is 5. The summed E-state index contributed by atoms with van der Waals surface area (Å²) in [6.07, 6.45) is 2.92. The highest BCUT2D eigenvalue weighted by Crippen LogP contribution is 2.38. The highest BCUT2D eigenvalue weighted by molar-refractivity contribution is 5.88. The molecule has 1 N–H and O–H groups in total. The number of carbonyl (C=O) groups is 2. The predicted octanol–water partition coefficient (Wildman–Crippen LogP) is 2.92. The van der Waals surface area contributed by atoms with Gasteiger partial charge in [-0.05, 0) is 51.9 Å². The molecule has 3 unspecified atom stereocenters. The Bertz CT molecular complexity index is 1190. The van der Waals surface area contributed by atoms with Crippen molar-refractivity contribution in [1.29, 1.82) is 0 Å². The van der Waals surface area contributed by atoms with Gasteiger partial charge in [-0.2, -0.15) is 0 Å². The van der Waals surface area contributed by atoms with Gasteiger partial charge in [0.05, 0.1) is 12.6 Å². The molecule has 0 bridgehead atoms. The summed E-state index contributed by atoms with van der Waals surface area (Å²) < 4.78 is 30.6. The first-order chi connectivity index (χ1) is 17.0. The second-order valence-corrected chi connectivity index (χ2v) is 9.16. The van der Waals surface area contributed by atoms with Gasteiger partial charge in [-0.1, -0.05) is 48.9 Å². The Morgan fingerprint density at radius 1 is 1.11 bits per heavy atom. The SMILES string of the molecule is O=C(NC(c1ccccc1)c1ccc(C2CCC2)c(F)c1)C1CC(F)CN1C(=O)Cn1cnnn1. The van der Waals surface area contributed by atoms with Crippen molar-refractivity contribution >= 4 is 11.8 Å². The first-order valence-corrected chi connectivity index (χ1v) is 11.8. The Morgan fingerprint density at radius 3 is 2.57 bits per heavy atom. The van der Waals surface area contributed by atoms with Crippen molar-refractivity contribution < 1.29 is 18.4 Å². The molecule has 1 saturated carbocycles. The highest BCUT2D eigenvalue weighted by Gasteiger charge is 2.40. The first-order valence-electron chi connectivity index (χ1n) is 11.8. The van der Waals surface area contributed by atoms with Gasteiger partial charge >= 0.3 is 0 Å². The smallest absolute Gasteiger partial charge is 0.245 e. The number of alkyl halides is 1. The van der Waals surface area contributed by atoms with E-state index in [0.717, 1.165) is 24.8 Å². The van der Waals surface area contributed by atoms with E-state index in [0.29, 0.717) is 11.1 Å². The fourth-order valence-corrected chi connectivity index (χ4v) is 4.81. The largest absolute Gasteiger partial charge is 0.343 e. The number of hydrogen-bond donors (Lipinski definition) is 1. The lowest BCUT2D eigenvalue weighted by molar-refractivity contribution is -0.139. The van der Waals surface area contributed by atoms with E-state index in [1.54, 1.807) is 6.07 Å². The van der Waals surface area contributed by atoms with Crippen LogP contribution in [-0.2, 0) is 16.1 Å². The van der Waals surface area contributed by atoms with Crippen molar-refractivity contribution in [1.82, 2.24) is 30.4 Å². The molecule has 2 fully saturated rings. The number of tetrazole rings is 1. The zero-order valence-corrected chi connectivity index (χ0v) is 19.1. The summed E-state index contributed by atoms with van der Waals surface area (Å²) in [5, 5.41) is 13.6. The predicted molar refractivity (Wildman–Crippen MR) is 122 cm³/mol. The summed E-state index contributed by atoms with van der Waals surface area (Å²) in [6, 6.07) is 12.7. The number of carbonyl (C=O) groups excluding carboxylic acids is 2. The van der Waals surface area contributed by atoms with Gasteiger partial charge in [-0.15, -0.1) is 5.10 Å². The number of likely N-dealkylation sites (tertiary alicyclic amines) is 1. The molecule has 3 atom stereocenters. The number of nitrogens with one attached hydrogen (secondary N) is 1. The third-order valence-electron chi connectivity index (χ3n) is 6.88. The third-order valence-corrected chi connectivity index (χ3v) is 6.88. The molecule has 2 heterocycles. The summed E-state index contributed by atoms with van der Waals surface area (Å²) in [5.74, 6) is -0.990. The third kappa shape index (κ3) is 4.91. The molecular formula is C25H26F2N6O2. The van der Waals surface area contributed by atoms with Gasteiger partial charge in [0, 0.05) is 6.42 Å². The Labute approximate surface area is 201 Å². The Kier molecular flexibility index (Phi) is 6.52. The second-order valence-electron chi connectivity index (χ2n) is 9.16. The topological polar surface area (TPSA) is 93.0 Å². The van der Waals surface area contributed by atoms with Crippen LogP contribution in [0.1, 0.15) is 54.3 Å². The molecule has 35 heavy (non-hydrogen) atoms. The van der Waals surface area contributed by atoms with E-state index in [1.165, 1.54) is 22.0 Å². The van der Waals surface area contributed by atoms with Crippen LogP contribution in [0.15, 0.2) is 54.9 Å². The molecule has 2 amide bonds. The van der Waals surface area contributed by atoms with Gasteiger partial charge in [-0.25, -0.2) is 13.5 Å². The van der Waals surface area contributed by atoms with Crippen molar-refractivity contribution in [2.75, 3.05) is 6.54 Å². The number of rotatable bonds is 7. The van der Waals surface area contributed by atoms with Crippen LogP contribution < -0.4 is 5.32 Å². The van der Waals surface area contributed by atoms with Crippen molar-refractivity contribution in [3.63, 3.8) is 0 Å². The van der Waals surface area contributed by atoms with E-state index in [-0.39, 0.29) is 31.2 Å². The average Bonchev–Trinajstić information content (AvgIpc) is 3.47. The Hall–Kier alpha value is -3.69. The molecule has 1 aliphatic heterocycles. The fraction of sp³-hybridized carbons (Fsp3) is 0.400. The van der Waals surface area contributed by atoms with Gasteiger partial charge in [0.15, 0.2) is 0 Å². The number of amides is 2. The number of benzene rings is 2. The van der Waals surface area contributed by atoms with E-state index < -0.39 is 30.1 Å². The zero-order valence-electron chi connectivity index (χ0n) is 19.1. The molecule has 8 nitrogen and oxygen atoms in total. The molecule has 2 aromatic carbocycles. The van der Waals surface area contributed by atoms with Crippen LogP contribution in [0.25, 0.3) is 0 Å². The van der Waals surface area contributed by atoms with Gasteiger partial charge in [0.1, 0.15) is 30.9 Å². The zero-order chi connectivity index (χ0) is 24.4. The van der Waals surface area contributed by atoms with E-state index in [2.05, 4.69) is 20.8 Å². The van der Waals surface area contributed by atoms with Gasteiger partial charge in [0.25, 0.3) is 0 Å². The summed E-state index contributed by atoms with van der Waals surface area (Å²) in [4.78, 5) is 27.4. The van der Waals surface area contributed by atoms with Gasteiger partial charge < -0.3 is 10.2 Å². The molecule has 1 aromatic heterocycles. The Morgan fingerprint density at radius 2 is 1.91 bits per heavy atom. The lowest BCUT2D eigenvalue weighted by Crippen LogP contribution is -2.48. The molecule has 10 heteroatoms. The molecule has 2 aliphatic rings. The molecule has 5 rings (SSSR count). The standard InChI is InChI=1S/C25H26F2N6O2/c26-19-12-22(33(13-19)23(34)14-32-15-28-30-31-32)25(35)29-24(17-5-2-1-3-6-17)18-9-10-20(21(27)11-18)16-7-4-8-16/h1-3,5-6,9-11,15-16,19,22,24H,4,7-8,12-14H2,(H,29,35). The summed E-state index contributed by atoms with van der Waals surface area (Å²) in [7, 11) is 0. The highest BCUT2D eigenvalue weighted by atomic mass is 19.1. The molecule has 0 radical (unpaired) electrons. The minimum atomic E-state index is -1.32. The number of aromatic nitrogens is 4. The molecule has 0 spiro atoms. The minimum absolute atomic E-state index is 0.107. The monoisotopic (exact) mass is 480 g/mol. The maximum atomic E-state index is 15.0. The number of nitrogens with zero attached hydrogens (tertiary/aromatic N) is 5. The van der Waals surface area contributed by atoms with Crippen molar-refractivity contribution in [2.24, 2.45) is 0 Å². The molecule has 182 valence electrons. The molecule has 3 aromatic rings. The number of halogens is 2. The maximum absolute atomic E-state index is 15.0. The lowest BCUT2D eigenvalue weighted by atomic mass is 9.79. The van der Waals surface area contributed by atoms with Crippen LogP contribution in [0, 0.1) is 5.82 Å². The quantitative estimate of drug-likeness (QED) is 0.561. The summed E-state index contributed by atoms with van der Waals surface area (Å²) in [6.45, 7) is -0.376. The lowest BCUT2D eigenvalue weighted by Gasteiger charge is -2.28. The van der Waals surface area contributed by atoms with Crippen LogP contribution in [0.5, 0.6) is 0 Å². The maximum Gasteiger partial charge on any atom is 0.245 e. The molecule has 1 saturated heterocycles. The molecule has 1 aliphatic carbocycles. The first kappa shape index (κ1) is 23.1. The second kappa shape index (κ2) is 9.89. The van der Waals surface area contributed by atoms with Gasteiger partial charge in [0.2, 0.25) is 11.8 Å². The van der Waals surface area contributed by atoms with Gasteiger partial charge in [-0.3, -0.25) is 9.59 Å². The van der Waals surface area contributed by atoms with Crippen LogP contribution in [0.3, 0.4) is 0 Å². The average molecular weight is 481 g/mol. The normalized spacial score (nSPS) is 20.9. The van der Waals surface area contributed by atoms with Crippen LogP contribution in [0.2, 0.25) is 0 Å². The van der Waals surface area contributed by atoms with Crippen molar-refractivity contribution in [2.45, 2.75) is 56.4 Å². The fourth-order valence-electron chi connectivity index (χ4n) is 4.81. The van der Waals surface area contributed by atoms with Crippen molar-refractivity contribution in [3.8, 4) is 0 Å². The van der Waals surface area contributed by atoms with Crippen LogP contribution in [0.4, 0.5) is 8.78 Å². The minimum Gasteiger partial charge on any atom is -0.343 e. The van der Waals surface area contributed by atoms with Crippen LogP contribution in [-0.4, -0.2) is 55.7 Å². The summed E-state index contributed by atoms with van der Waals surface area (Å²) in [5.41, 5.74) is 2.05. The van der Waals surface area contributed by atoms with E-state index >= 15 is 4.39 Å². The van der Waals surface area contributed by atoms with E-state index in [1.807, 2.05) is 36.4 Å². The Balaban J connectivity index is 1.38. The van der Waals surface area contributed by atoms with E-state index in [4.69, 9.17) is 0 Å².